The number of hydrogen-bond acceptors (Lipinski definition) is 5. The summed E-state index contributed by atoms with van der Waals surface area (Å²) in [5.74, 6) is 1.35. The average molecular weight is 233 g/mol. The Labute approximate surface area is 99.4 Å². The zero-order valence-corrected chi connectivity index (χ0v) is 10.1. The van der Waals surface area contributed by atoms with Crippen LogP contribution in [0.4, 0.5) is 5.69 Å². The molecule has 6 nitrogen and oxygen atoms in total. The van der Waals surface area contributed by atoms with Crippen molar-refractivity contribution in [2.45, 2.75) is 20.5 Å². The molecule has 17 heavy (non-hydrogen) atoms. The summed E-state index contributed by atoms with van der Waals surface area (Å²) >= 11 is 0. The molecule has 0 atom stereocenters. The van der Waals surface area contributed by atoms with Gasteiger partial charge in [-0.3, -0.25) is 0 Å². The molecule has 0 radical (unpaired) electrons. The first-order valence-electron chi connectivity index (χ1n) is 5.28. The molecule has 0 saturated carbocycles. The molecule has 2 N–H and O–H groups in total. The Morgan fingerprint density at radius 1 is 1.29 bits per heavy atom. The Hall–Kier alpha value is -2.11. The number of nitrogens with two attached hydrogens (primary N) is 1. The first-order valence-corrected chi connectivity index (χ1v) is 5.28. The van der Waals surface area contributed by atoms with Crippen molar-refractivity contribution in [2.24, 2.45) is 7.05 Å². The van der Waals surface area contributed by atoms with Gasteiger partial charge in [-0.25, -0.2) is 0 Å². The molecular weight excluding hydrogens is 218 g/mol. The topological polar surface area (TPSA) is 78.9 Å². The fourth-order valence-corrected chi connectivity index (χ4v) is 1.49. The van der Waals surface area contributed by atoms with Crippen LogP contribution in [0.2, 0.25) is 0 Å². The number of nitrogens with zero attached hydrogens (tertiary/aromatic N) is 4. The van der Waals surface area contributed by atoms with Gasteiger partial charge in [-0.15, -0.1) is 10.2 Å². The Kier molecular flexibility index (Phi) is 2.95. The summed E-state index contributed by atoms with van der Waals surface area (Å²) in [5, 5.41) is 11.6. The van der Waals surface area contributed by atoms with Gasteiger partial charge in [-0.05, 0) is 42.3 Å². The Bertz CT molecular complexity index is 535. The minimum absolute atomic E-state index is 0.304. The zero-order valence-electron chi connectivity index (χ0n) is 10.1. The molecule has 90 valence electrons. The van der Waals surface area contributed by atoms with Gasteiger partial charge in [-0.2, -0.15) is 4.80 Å². The summed E-state index contributed by atoms with van der Waals surface area (Å²) in [6.45, 7) is 4.20. The van der Waals surface area contributed by atoms with Crippen molar-refractivity contribution in [2.75, 3.05) is 5.73 Å². The highest BCUT2D eigenvalue weighted by Gasteiger charge is 2.06. The summed E-state index contributed by atoms with van der Waals surface area (Å²) in [7, 11) is 1.72. The molecule has 0 spiro atoms. The van der Waals surface area contributed by atoms with Crippen LogP contribution in [0.15, 0.2) is 12.1 Å². The summed E-state index contributed by atoms with van der Waals surface area (Å²) < 4.78 is 5.64. The van der Waals surface area contributed by atoms with Gasteiger partial charge in [0.15, 0.2) is 6.61 Å². The molecule has 1 heterocycles. The number of aryl methyl sites for hydroxylation is 3. The molecule has 0 bridgehead atoms. The molecule has 0 unspecified atom stereocenters. The number of anilines is 1. The maximum Gasteiger partial charge on any atom is 0.212 e. The maximum atomic E-state index is 5.81. The number of hydrogen-bond donors (Lipinski definition) is 1. The van der Waals surface area contributed by atoms with E-state index in [1.807, 2.05) is 26.0 Å². The van der Waals surface area contributed by atoms with E-state index in [2.05, 4.69) is 15.4 Å². The molecule has 0 saturated heterocycles. The molecule has 0 amide bonds. The van der Waals surface area contributed by atoms with E-state index in [0.717, 1.165) is 22.6 Å². The molecule has 0 aliphatic carbocycles. The van der Waals surface area contributed by atoms with Gasteiger partial charge in [0.1, 0.15) is 5.75 Å². The number of ether oxygens (including phenoxy) is 1. The van der Waals surface area contributed by atoms with E-state index >= 15 is 0 Å². The van der Waals surface area contributed by atoms with Gasteiger partial charge < -0.3 is 10.5 Å². The highest BCUT2D eigenvalue weighted by atomic mass is 16.5. The first-order chi connectivity index (χ1) is 8.06. The lowest BCUT2D eigenvalue weighted by atomic mass is 10.1. The van der Waals surface area contributed by atoms with E-state index < -0.39 is 0 Å². The fourth-order valence-electron chi connectivity index (χ4n) is 1.49. The van der Waals surface area contributed by atoms with Crippen LogP contribution < -0.4 is 10.5 Å². The highest BCUT2D eigenvalue weighted by Crippen LogP contribution is 2.24. The monoisotopic (exact) mass is 233 g/mol. The Morgan fingerprint density at radius 3 is 2.71 bits per heavy atom. The van der Waals surface area contributed by atoms with Crippen LogP contribution in [0, 0.1) is 13.8 Å². The smallest absolute Gasteiger partial charge is 0.212 e. The van der Waals surface area contributed by atoms with Gasteiger partial charge in [0.25, 0.3) is 0 Å². The number of aromatic nitrogens is 4. The second-order valence-corrected chi connectivity index (χ2v) is 3.96. The molecular formula is C11H15N5O. The van der Waals surface area contributed by atoms with E-state index in [-0.39, 0.29) is 0 Å². The van der Waals surface area contributed by atoms with E-state index in [9.17, 15) is 0 Å². The van der Waals surface area contributed by atoms with Crippen molar-refractivity contribution in [1.82, 2.24) is 20.2 Å². The molecule has 0 aliphatic rings. The molecule has 0 aliphatic heterocycles. The molecule has 1 aromatic carbocycles. The SMILES string of the molecule is Cc1cc(OCc2nnn(C)n2)c(C)cc1N. The van der Waals surface area contributed by atoms with E-state index in [1.165, 1.54) is 4.80 Å². The third kappa shape index (κ3) is 2.52. The van der Waals surface area contributed by atoms with E-state index in [4.69, 9.17) is 10.5 Å². The van der Waals surface area contributed by atoms with Crippen molar-refractivity contribution >= 4 is 5.69 Å². The van der Waals surface area contributed by atoms with E-state index in [0.29, 0.717) is 12.4 Å². The number of tetrazole rings is 1. The van der Waals surface area contributed by atoms with Crippen LogP contribution in [0.3, 0.4) is 0 Å². The Morgan fingerprint density at radius 2 is 2.06 bits per heavy atom. The Balaban J connectivity index is 2.11. The lowest BCUT2D eigenvalue weighted by molar-refractivity contribution is 0.293. The number of nitrogen functional groups attached to an aromatic ring is 1. The van der Waals surface area contributed by atoms with Crippen LogP contribution in [-0.2, 0) is 13.7 Å². The summed E-state index contributed by atoms with van der Waals surface area (Å²) in [6.07, 6.45) is 0. The van der Waals surface area contributed by atoms with Crippen LogP contribution in [0.1, 0.15) is 17.0 Å². The van der Waals surface area contributed by atoms with Crippen LogP contribution >= 0.6 is 0 Å². The fraction of sp³-hybridized carbons (Fsp3) is 0.364. The second kappa shape index (κ2) is 4.40. The number of rotatable bonds is 3. The van der Waals surface area contributed by atoms with Crippen LogP contribution in [0.5, 0.6) is 5.75 Å². The second-order valence-electron chi connectivity index (χ2n) is 3.96. The minimum atomic E-state index is 0.304. The van der Waals surface area contributed by atoms with Gasteiger partial charge in [-0.1, -0.05) is 0 Å². The predicted octanol–water partition coefficient (Wildman–Crippen LogP) is 0.988. The average Bonchev–Trinajstić information content (AvgIpc) is 2.68. The van der Waals surface area contributed by atoms with Gasteiger partial charge >= 0.3 is 0 Å². The molecule has 2 aromatic rings. The van der Waals surface area contributed by atoms with Crippen molar-refractivity contribution in [3.05, 3.63) is 29.1 Å². The van der Waals surface area contributed by atoms with Gasteiger partial charge in [0, 0.05) is 5.69 Å². The lowest BCUT2D eigenvalue weighted by Crippen LogP contribution is -2.01. The van der Waals surface area contributed by atoms with E-state index in [1.54, 1.807) is 7.05 Å². The van der Waals surface area contributed by atoms with Crippen molar-refractivity contribution in [1.29, 1.82) is 0 Å². The third-order valence-electron chi connectivity index (χ3n) is 2.47. The van der Waals surface area contributed by atoms with Gasteiger partial charge in [0.2, 0.25) is 5.82 Å². The number of benzene rings is 1. The molecule has 6 heteroatoms. The highest BCUT2D eigenvalue weighted by molar-refractivity contribution is 5.53. The molecule has 0 fully saturated rings. The zero-order chi connectivity index (χ0) is 12.4. The normalized spacial score (nSPS) is 10.5. The largest absolute Gasteiger partial charge is 0.485 e. The predicted molar refractivity (Wildman–Crippen MR) is 63.5 cm³/mol. The summed E-state index contributed by atoms with van der Waals surface area (Å²) in [5.41, 5.74) is 8.57. The van der Waals surface area contributed by atoms with Crippen LogP contribution in [-0.4, -0.2) is 20.2 Å². The summed E-state index contributed by atoms with van der Waals surface area (Å²) in [4.78, 5) is 1.40. The lowest BCUT2D eigenvalue weighted by Gasteiger charge is -2.09. The first kappa shape index (κ1) is 11.4. The van der Waals surface area contributed by atoms with Crippen molar-refractivity contribution in [3.63, 3.8) is 0 Å². The minimum Gasteiger partial charge on any atom is -0.485 e. The van der Waals surface area contributed by atoms with Crippen molar-refractivity contribution in [3.8, 4) is 5.75 Å². The maximum absolute atomic E-state index is 5.81. The molecule has 1 aromatic heterocycles. The standard InChI is InChI=1S/C11H15N5O/c1-7-5-10(8(2)4-9(7)12)17-6-11-13-15-16(3)14-11/h4-5H,6,12H2,1-3H3. The van der Waals surface area contributed by atoms with Crippen LogP contribution in [0.25, 0.3) is 0 Å². The quantitative estimate of drug-likeness (QED) is 0.800. The third-order valence-corrected chi connectivity index (χ3v) is 2.47. The molecule has 2 rings (SSSR count). The summed E-state index contributed by atoms with van der Waals surface area (Å²) in [6, 6.07) is 3.82. The van der Waals surface area contributed by atoms with Crippen molar-refractivity contribution < 1.29 is 4.74 Å². The van der Waals surface area contributed by atoms with Gasteiger partial charge in [0.05, 0.1) is 7.05 Å².